The van der Waals surface area contributed by atoms with E-state index in [1.165, 1.54) is 19.3 Å². The molecule has 2 unspecified atom stereocenters. The largest absolute Gasteiger partial charge is 0.463 e. The lowest BCUT2D eigenvalue weighted by atomic mass is 10.1. The van der Waals surface area contributed by atoms with Crippen molar-refractivity contribution in [2.75, 3.05) is 13.2 Å². The Labute approximate surface area is 111 Å². The zero-order chi connectivity index (χ0) is 13.8. The first-order valence-corrected chi connectivity index (χ1v) is 7.01. The third kappa shape index (κ3) is 11.9. The lowest BCUT2D eigenvalue weighted by molar-refractivity contribution is -0.148. The maximum Gasteiger partial charge on any atom is 0.305 e. The SMILES string of the molecule is CCCCCCCC(=O)OCC(C)OCC(C)O. The van der Waals surface area contributed by atoms with Crippen LogP contribution in [0.3, 0.4) is 0 Å². The molecule has 4 nitrogen and oxygen atoms in total. The highest BCUT2D eigenvalue weighted by Crippen LogP contribution is 2.06. The molecule has 0 fully saturated rings. The zero-order valence-electron chi connectivity index (χ0n) is 12.0. The van der Waals surface area contributed by atoms with Crippen molar-refractivity contribution in [3.8, 4) is 0 Å². The minimum absolute atomic E-state index is 0.154. The van der Waals surface area contributed by atoms with Gasteiger partial charge in [-0.05, 0) is 20.3 Å². The number of rotatable bonds is 11. The van der Waals surface area contributed by atoms with Crippen molar-refractivity contribution in [2.45, 2.75) is 71.5 Å². The first kappa shape index (κ1) is 17.4. The molecule has 0 saturated carbocycles. The molecule has 0 spiro atoms. The van der Waals surface area contributed by atoms with Gasteiger partial charge in [-0.1, -0.05) is 32.6 Å². The molecule has 0 aromatic heterocycles. The number of carbonyl (C=O) groups is 1. The van der Waals surface area contributed by atoms with Crippen LogP contribution >= 0.6 is 0 Å². The van der Waals surface area contributed by atoms with E-state index in [1.807, 2.05) is 6.92 Å². The smallest absolute Gasteiger partial charge is 0.305 e. The number of carbonyl (C=O) groups excluding carboxylic acids is 1. The van der Waals surface area contributed by atoms with Crippen LogP contribution in [-0.2, 0) is 14.3 Å². The van der Waals surface area contributed by atoms with Crippen LogP contribution in [0.15, 0.2) is 0 Å². The highest BCUT2D eigenvalue weighted by Gasteiger charge is 2.08. The predicted molar refractivity (Wildman–Crippen MR) is 71.4 cm³/mol. The average molecular weight is 260 g/mol. The molecule has 0 amide bonds. The Hall–Kier alpha value is -0.610. The summed E-state index contributed by atoms with van der Waals surface area (Å²) in [6.45, 7) is 6.20. The summed E-state index contributed by atoms with van der Waals surface area (Å²) in [6.07, 6.45) is 5.48. The summed E-state index contributed by atoms with van der Waals surface area (Å²) in [5, 5.41) is 9.03. The van der Waals surface area contributed by atoms with Gasteiger partial charge in [0.2, 0.25) is 0 Å². The lowest BCUT2D eigenvalue weighted by Gasteiger charge is -2.14. The second kappa shape index (κ2) is 11.5. The van der Waals surface area contributed by atoms with E-state index >= 15 is 0 Å². The van der Waals surface area contributed by atoms with Crippen LogP contribution in [0, 0.1) is 0 Å². The summed E-state index contributed by atoms with van der Waals surface area (Å²) < 4.78 is 10.4. The number of aliphatic hydroxyl groups is 1. The van der Waals surface area contributed by atoms with Crippen molar-refractivity contribution in [2.24, 2.45) is 0 Å². The van der Waals surface area contributed by atoms with Crippen LogP contribution in [0.5, 0.6) is 0 Å². The fourth-order valence-electron chi connectivity index (χ4n) is 1.51. The van der Waals surface area contributed by atoms with Gasteiger partial charge >= 0.3 is 5.97 Å². The van der Waals surface area contributed by atoms with Crippen LogP contribution in [-0.4, -0.2) is 36.5 Å². The Morgan fingerprint density at radius 2 is 1.78 bits per heavy atom. The Balaban J connectivity index is 3.40. The van der Waals surface area contributed by atoms with Crippen LogP contribution in [0.2, 0.25) is 0 Å². The average Bonchev–Trinajstić information content (AvgIpc) is 2.33. The van der Waals surface area contributed by atoms with E-state index < -0.39 is 6.10 Å². The molecular formula is C14H28O4. The summed E-state index contributed by atoms with van der Waals surface area (Å²) in [7, 11) is 0. The van der Waals surface area contributed by atoms with Gasteiger partial charge in [0.1, 0.15) is 6.61 Å². The summed E-state index contributed by atoms with van der Waals surface area (Å²) in [6, 6.07) is 0. The van der Waals surface area contributed by atoms with Gasteiger partial charge in [-0.15, -0.1) is 0 Å². The van der Waals surface area contributed by atoms with Gasteiger partial charge in [0, 0.05) is 6.42 Å². The Morgan fingerprint density at radius 1 is 1.11 bits per heavy atom. The van der Waals surface area contributed by atoms with Gasteiger partial charge < -0.3 is 14.6 Å². The maximum atomic E-state index is 11.4. The Bertz CT molecular complexity index is 204. The third-order valence-electron chi connectivity index (χ3n) is 2.59. The van der Waals surface area contributed by atoms with Crippen molar-refractivity contribution in [1.82, 2.24) is 0 Å². The van der Waals surface area contributed by atoms with Crippen LogP contribution in [0.4, 0.5) is 0 Å². The van der Waals surface area contributed by atoms with Crippen LogP contribution < -0.4 is 0 Å². The molecule has 1 N–H and O–H groups in total. The van der Waals surface area contributed by atoms with Crippen molar-refractivity contribution >= 4 is 5.97 Å². The molecule has 0 aliphatic rings. The Kier molecular flexibility index (Phi) is 11.1. The van der Waals surface area contributed by atoms with Gasteiger partial charge in [0.15, 0.2) is 0 Å². The molecule has 0 radical (unpaired) electrons. The molecule has 0 aliphatic carbocycles. The summed E-state index contributed by atoms with van der Waals surface area (Å²) >= 11 is 0. The molecule has 18 heavy (non-hydrogen) atoms. The van der Waals surface area contributed by atoms with Gasteiger partial charge in [0.05, 0.1) is 18.8 Å². The zero-order valence-corrected chi connectivity index (χ0v) is 12.0. The summed E-state index contributed by atoms with van der Waals surface area (Å²) in [5.74, 6) is -0.154. The fraction of sp³-hybridized carbons (Fsp3) is 0.929. The molecular weight excluding hydrogens is 232 g/mol. The third-order valence-corrected chi connectivity index (χ3v) is 2.59. The van der Waals surface area contributed by atoms with Gasteiger partial charge in [-0.2, -0.15) is 0 Å². The monoisotopic (exact) mass is 260 g/mol. The quantitative estimate of drug-likeness (QED) is 0.458. The molecule has 0 rings (SSSR count). The second-order valence-corrected chi connectivity index (χ2v) is 4.84. The van der Waals surface area contributed by atoms with E-state index in [-0.39, 0.29) is 25.3 Å². The lowest BCUT2D eigenvalue weighted by Crippen LogP contribution is -2.23. The predicted octanol–water partition coefficient (Wildman–Crippen LogP) is 2.68. The number of esters is 1. The fourth-order valence-corrected chi connectivity index (χ4v) is 1.51. The minimum Gasteiger partial charge on any atom is -0.463 e. The molecule has 0 saturated heterocycles. The first-order valence-electron chi connectivity index (χ1n) is 7.01. The van der Waals surface area contributed by atoms with E-state index in [0.29, 0.717) is 6.42 Å². The minimum atomic E-state index is -0.485. The van der Waals surface area contributed by atoms with E-state index in [0.717, 1.165) is 12.8 Å². The molecule has 0 aromatic rings. The summed E-state index contributed by atoms with van der Waals surface area (Å²) in [4.78, 5) is 11.4. The van der Waals surface area contributed by atoms with E-state index in [2.05, 4.69) is 6.92 Å². The maximum absolute atomic E-state index is 11.4. The molecule has 4 heteroatoms. The number of hydrogen-bond donors (Lipinski definition) is 1. The molecule has 2 atom stereocenters. The molecule has 0 heterocycles. The standard InChI is InChI=1S/C14H28O4/c1-4-5-6-7-8-9-14(16)18-11-13(3)17-10-12(2)15/h12-13,15H,4-11H2,1-3H3. The van der Waals surface area contributed by atoms with Crippen molar-refractivity contribution in [1.29, 1.82) is 0 Å². The van der Waals surface area contributed by atoms with Crippen LogP contribution in [0.25, 0.3) is 0 Å². The van der Waals surface area contributed by atoms with E-state index in [9.17, 15) is 4.79 Å². The number of aliphatic hydroxyl groups excluding tert-OH is 1. The molecule has 0 aromatic carbocycles. The highest BCUT2D eigenvalue weighted by atomic mass is 16.6. The van der Waals surface area contributed by atoms with Gasteiger partial charge in [-0.3, -0.25) is 4.79 Å². The van der Waals surface area contributed by atoms with Crippen molar-refractivity contribution in [3.05, 3.63) is 0 Å². The molecule has 0 bridgehead atoms. The molecule has 0 aliphatic heterocycles. The van der Waals surface area contributed by atoms with E-state index in [1.54, 1.807) is 6.92 Å². The normalized spacial score (nSPS) is 14.2. The highest BCUT2D eigenvalue weighted by molar-refractivity contribution is 5.69. The van der Waals surface area contributed by atoms with E-state index in [4.69, 9.17) is 14.6 Å². The Morgan fingerprint density at radius 3 is 2.39 bits per heavy atom. The number of unbranched alkanes of at least 4 members (excludes halogenated alkanes) is 4. The second-order valence-electron chi connectivity index (χ2n) is 4.84. The van der Waals surface area contributed by atoms with Crippen molar-refractivity contribution < 1.29 is 19.4 Å². The number of hydrogen-bond acceptors (Lipinski definition) is 4. The van der Waals surface area contributed by atoms with Gasteiger partial charge in [-0.25, -0.2) is 0 Å². The summed E-state index contributed by atoms with van der Waals surface area (Å²) in [5.41, 5.74) is 0. The number of ether oxygens (including phenoxy) is 2. The first-order chi connectivity index (χ1) is 8.56. The molecule has 108 valence electrons. The van der Waals surface area contributed by atoms with Crippen LogP contribution in [0.1, 0.15) is 59.3 Å². The van der Waals surface area contributed by atoms with Gasteiger partial charge in [0.25, 0.3) is 0 Å². The van der Waals surface area contributed by atoms with Crippen molar-refractivity contribution in [3.63, 3.8) is 0 Å². The topological polar surface area (TPSA) is 55.8 Å².